The average Bonchev–Trinajstić information content (AvgIpc) is 2.63. The summed E-state index contributed by atoms with van der Waals surface area (Å²) in [6.45, 7) is 12.2. The van der Waals surface area contributed by atoms with Gasteiger partial charge in [0.05, 0.1) is 5.71 Å². The summed E-state index contributed by atoms with van der Waals surface area (Å²) in [5, 5.41) is 8.67. The molecule has 6 heteroatoms. The van der Waals surface area contributed by atoms with Gasteiger partial charge in [-0.2, -0.15) is 5.10 Å². The lowest BCUT2D eigenvalue weighted by Crippen LogP contribution is -2.43. The SMILES string of the molecule is CC(C)CN(CCNC(=O)CN1N=C(c2ccccc2)CCC1=O)CC(C)C. The first-order valence-electron chi connectivity index (χ1n) is 10.3. The average molecular weight is 387 g/mol. The van der Waals surface area contributed by atoms with Crippen molar-refractivity contribution in [3.05, 3.63) is 35.9 Å². The Balaban J connectivity index is 1.86. The number of rotatable bonds is 10. The van der Waals surface area contributed by atoms with E-state index in [1.165, 1.54) is 5.01 Å². The maximum absolute atomic E-state index is 12.3. The molecule has 0 saturated carbocycles. The van der Waals surface area contributed by atoms with Crippen LogP contribution in [0.2, 0.25) is 0 Å². The number of benzene rings is 1. The molecular formula is C22H34N4O2. The number of nitrogens with one attached hydrogen (secondary N) is 1. The summed E-state index contributed by atoms with van der Waals surface area (Å²) in [5.41, 5.74) is 1.85. The van der Waals surface area contributed by atoms with E-state index in [0.29, 0.717) is 31.2 Å². The third-order valence-electron chi connectivity index (χ3n) is 4.50. The number of nitrogens with zero attached hydrogens (tertiary/aromatic N) is 3. The molecule has 2 amide bonds. The van der Waals surface area contributed by atoms with E-state index in [0.717, 1.165) is 30.9 Å². The van der Waals surface area contributed by atoms with Crippen molar-refractivity contribution in [1.82, 2.24) is 15.2 Å². The molecule has 1 aliphatic rings. The molecule has 0 saturated heterocycles. The molecule has 0 radical (unpaired) electrons. The standard InChI is InChI=1S/C22H34N4O2/c1-17(2)14-25(15-18(3)4)13-12-23-21(27)16-26-22(28)11-10-20(24-26)19-8-6-5-7-9-19/h5-9,17-18H,10-16H2,1-4H3,(H,23,27). The van der Waals surface area contributed by atoms with E-state index in [9.17, 15) is 9.59 Å². The van der Waals surface area contributed by atoms with Crippen LogP contribution in [-0.2, 0) is 9.59 Å². The fraction of sp³-hybridized carbons (Fsp3) is 0.591. The van der Waals surface area contributed by atoms with E-state index >= 15 is 0 Å². The quantitative estimate of drug-likeness (QED) is 0.672. The third-order valence-corrected chi connectivity index (χ3v) is 4.50. The molecule has 0 aliphatic carbocycles. The molecule has 28 heavy (non-hydrogen) atoms. The number of hydrogen-bond acceptors (Lipinski definition) is 4. The molecule has 154 valence electrons. The predicted molar refractivity (Wildman–Crippen MR) is 113 cm³/mol. The first kappa shape index (κ1) is 22.1. The van der Waals surface area contributed by atoms with Crippen LogP contribution in [0, 0.1) is 11.8 Å². The van der Waals surface area contributed by atoms with Crippen LogP contribution < -0.4 is 5.32 Å². The molecule has 1 N–H and O–H groups in total. The number of carbonyl (C=O) groups excluding carboxylic acids is 2. The number of hydrogen-bond donors (Lipinski definition) is 1. The van der Waals surface area contributed by atoms with E-state index < -0.39 is 0 Å². The summed E-state index contributed by atoms with van der Waals surface area (Å²) in [6, 6.07) is 9.80. The predicted octanol–water partition coefficient (Wildman–Crippen LogP) is 2.74. The largest absolute Gasteiger partial charge is 0.353 e. The fourth-order valence-electron chi connectivity index (χ4n) is 3.40. The zero-order valence-electron chi connectivity index (χ0n) is 17.6. The highest BCUT2D eigenvalue weighted by molar-refractivity contribution is 6.04. The summed E-state index contributed by atoms with van der Waals surface area (Å²) >= 11 is 0. The highest BCUT2D eigenvalue weighted by atomic mass is 16.2. The normalized spacial score (nSPS) is 14.8. The second-order valence-electron chi connectivity index (χ2n) is 8.26. The zero-order chi connectivity index (χ0) is 20.5. The van der Waals surface area contributed by atoms with E-state index in [4.69, 9.17) is 0 Å². The Hall–Kier alpha value is -2.21. The van der Waals surface area contributed by atoms with Crippen LogP contribution in [0.1, 0.15) is 46.1 Å². The second kappa shape index (κ2) is 11.0. The molecule has 0 spiro atoms. The Morgan fingerprint density at radius 1 is 1.11 bits per heavy atom. The maximum Gasteiger partial charge on any atom is 0.243 e. The van der Waals surface area contributed by atoms with Gasteiger partial charge in [0.15, 0.2) is 0 Å². The maximum atomic E-state index is 12.3. The topological polar surface area (TPSA) is 65.0 Å². The Bertz CT molecular complexity index is 660. The fourth-order valence-corrected chi connectivity index (χ4v) is 3.40. The Kier molecular flexibility index (Phi) is 8.64. The second-order valence-corrected chi connectivity index (χ2v) is 8.26. The molecule has 0 fully saturated rings. The van der Waals surface area contributed by atoms with Gasteiger partial charge < -0.3 is 10.2 Å². The molecule has 1 aliphatic heterocycles. The molecule has 0 bridgehead atoms. The van der Waals surface area contributed by atoms with Crippen LogP contribution in [0.25, 0.3) is 0 Å². The van der Waals surface area contributed by atoms with E-state index in [-0.39, 0.29) is 18.4 Å². The molecule has 1 heterocycles. The van der Waals surface area contributed by atoms with Crippen molar-refractivity contribution >= 4 is 17.5 Å². The van der Waals surface area contributed by atoms with Gasteiger partial charge in [-0.15, -0.1) is 0 Å². The lowest BCUT2D eigenvalue weighted by molar-refractivity contribution is -0.136. The van der Waals surface area contributed by atoms with Crippen LogP contribution in [-0.4, -0.2) is 60.2 Å². The van der Waals surface area contributed by atoms with Crippen molar-refractivity contribution in [2.75, 3.05) is 32.7 Å². The van der Waals surface area contributed by atoms with Crippen molar-refractivity contribution in [2.24, 2.45) is 16.9 Å². The summed E-state index contributed by atoms with van der Waals surface area (Å²) in [7, 11) is 0. The van der Waals surface area contributed by atoms with Crippen molar-refractivity contribution < 1.29 is 9.59 Å². The Morgan fingerprint density at radius 3 is 2.36 bits per heavy atom. The summed E-state index contributed by atoms with van der Waals surface area (Å²) < 4.78 is 0. The Morgan fingerprint density at radius 2 is 1.75 bits per heavy atom. The number of carbonyl (C=O) groups is 2. The molecule has 6 nitrogen and oxygen atoms in total. The highest BCUT2D eigenvalue weighted by Crippen LogP contribution is 2.14. The zero-order valence-corrected chi connectivity index (χ0v) is 17.6. The van der Waals surface area contributed by atoms with Crippen LogP contribution >= 0.6 is 0 Å². The van der Waals surface area contributed by atoms with Crippen molar-refractivity contribution in [3.8, 4) is 0 Å². The van der Waals surface area contributed by atoms with E-state index in [1.807, 2.05) is 30.3 Å². The van der Waals surface area contributed by atoms with E-state index in [2.05, 4.69) is 43.0 Å². The van der Waals surface area contributed by atoms with Gasteiger partial charge in [0.2, 0.25) is 11.8 Å². The van der Waals surface area contributed by atoms with Gasteiger partial charge in [-0.3, -0.25) is 9.59 Å². The van der Waals surface area contributed by atoms with Gasteiger partial charge in [-0.05, 0) is 17.4 Å². The number of amides is 2. The minimum Gasteiger partial charge on any atom is -0.353 e. The summed E-state index contributed by atoms with van der Waals surface area (Å²) in [4.78, 5) is 26.9. The highest BCUT2D eigenvalue weighted by Gasteiger charge is 2.23. The minimum absolute atomic E-state index is 0.0243. The van der Waals surface area contributed by atoms with Gasteiger partial charge in [0, 0.05) is 39.0 Å². The number of hydrazone groups is 1. The monoisotopic (exact) mass is 386 g/mol. The molecule has 1 aromatic rings. The Labute approximate surface area is 169 Å². The van der Waals surface area contributed by atoms with Gasteiger partial charge in [-0.1, -0.05) is 58.0 Å². The molecule has 0 atom stereocenters. The van der Waals surface area contributed by atoms with Gasteiger partial charge in [-0.25, -0.2) is 5.01 Å². The van der Waals surface area contributed by atoms with Crippen LogP contribution in [0.4, 0.5) is 0 Å². The van der Waals surface area contributed by atoms with E-state index in [1.54, 1.807) is 0 Å². The molecule has 2 rings (SSSR count). The summed E-state index contributed by atoms with van der Waals surface area (Å²) in [5.74, 6) is 0.911. The summed E-state index contributed by atoms with van der Waals surface area (Å²) in [6.07, 6.45) is 0.998. The first-order valence-corrected chi connectivity index (χ1v) is 10.3. The third kappa shape index (κ3) is 7.43. The van der Waals surface area contributed by atoms with Crippen molar-refractivity contribution in [2.45, 2.75) is 40.5 Å². The van der Waals surface area contributed by atoms with Crippen molar-refractivity contribution in [3.63, 3.8) is 0 Å². The molecule has 0 aromatic heterocycles. The van der Waals surface area contributed by atoms with Crippen LogP contribution in [0.15, 0.2) is 35.4 Å². The minimum atomic E-state index is -0.166. The van der Waals surface area contributed by atoms with Crippen LogP contribution in [0.3, 0.4) is 0 Å². The lowest BCUT2D eigenvalue weighted by atomic mass is 10.0. The van der Waals surface area contributed by atoms with Gasteiger partial charge in [0.25, 0.3) is 0 Å². The first-order chi connectivity index (χ1) is 13.3. The van der Waals surface area contributed by atoms with Gasteiger partial charge >= 0.3 is 0 Å². The van der Waals surface area contributed by atoms with Crippen molar-refractivity contribution in [1.29, 1.82) is 0 Å². The lowest BCUT2D eigenvalue weighted by Gasteiger charge is -2.26. The molecule has 0 unspecified atom stereocenters. The van der Waals surface area contributed by atoms with Crippen LogP contribution in [0.5, 0.6) is 0 Å². The smallest absolute Gasteiger partial charge is 0.243 e. The molecular weight excluding hydrogens is 352 g/mol. The van der Waals surface area contributed by atoms with Gasteiger partial charge in [0.1, 0.15) is 6.54 Å². The molecule has 1 aromatic carbocycles.